The fourth-order valence-corrected chi connectivity index (χ4v) is 3.34. The van der Waals surface area contributed by atoms with Crippen LogP contribution < -0.4 is 5.73 Å². The molecular weight excluding hydrogens is 316 g/mol. The SMILES string of the molecule is C=CCCCN(C)S(=O)(=O)c1cc(Br)ccc1N. The van der Waals surface area contributed by atoms with Gasteiger partial charge in [-0.05, 0) is 31.0 Å². The molecule has 0 atom stereocenters. The number of unbranched alkanes of at least 4 members (excludes halogenated alkanes) is 1. The second kappa shape index (κ2) is 6.36. The van der Waals surface area contributed by atoms with Gasteiger partial charge in [0, 0.05) is 18.1 Å². The summed E-state index contributed by atoms with van der Waals surface area (Å²) in [7, 11) is -1.97. The number of nitrogens with zero attached hydrogens (tertiary/aromatic N) is 1. The average molecular weight is 333 g/mol. The fourth-order valence-electron chi connectivity index (χ4n) is 1.48. The molecule has 1 aromatic rings. The van der Waals surface area contributed by atoms with Crippen molar-refractivity contribution in [1.82, 2.24) is 4.31 Å². The predicted molar refractivity (Wildman–Crippen MR) is 77.8 cm³/mol. The molecular formula is C12H17BrN2O2S. The van der Waals surface area contributed by atoms with Crippen LogP contribution in [0.15, 0.2) is 40.2 Å². The lowest BCUT2D eigenvalue weighted by Crippen LogP contribution is -2.28. The Bertz CT molecular complexity index is 529. The van der Waals surface area contributed by atoms with Crippen LogP contribution >= 0.6 is 15.9 Å². The Balaban J connectivity index is 2.98. The Morgan fingerprint density at radius 3 is 2.78 bits per heavy atom. The van der Waals surface area contributed by atoms with Crippen molar-refractivity contribution < 1.29 is 8.42 Å². The Labute approximate surface area is 117 Å². The lowest BCUT2D eigenvalue weighted by molar-refractivity contribution is 0.463. The summed E-state index contributed by atoms with van der Waals surface area (Å²) in [5.41, 5.74) is 5.98. The molecule has 0 spiro atoms. The van der Waals surface area contributed by atoms with Crippen molar-refractivity contribution in [2.24, 2.45) is 0 Å². The monoisotopic (exact) mass is 332 g/mol. The van der Waals surface area contributed by atoms with E-state index < -0.39 is 10.0 Å². The van der Waals surface area contributed by atoms with E-state index in [-0.39, 0.29) is 10.6 Å². The minimum absolute atomic E-state index is 0.137. The normalized spacial score (nSPS) is 11.7. The van der Waals surface area contributed by atoms with Gasteiger partial charge >= 0.3 is 0 Å². The fraction of sp³-hybridized carbons (Fsp3) is 0.333. The van der Waals surface area contributed by atoms with E-state index in [0.717, 1.165) is 12.8 Å². The number of nitrogens with two attached hydrogens (primary N) is 1. The van der Waals surface area contributed by atoms with Crippen LogP contribution in [0.25, 0.3) is 0 Å². The molecule has 100 valence electrons. The quantitative estimate of drug-likeness (QED) is 0.494. The van der Waals surface area contributed by atoms with Crippen LogP contribution in [0.5, 0.6) is 0 Å². The number of benzene rings is 1. The van der Waals surface area contributed by atoms with Crippen LogP contribution in [0.2, 0.25) is 0 Å². The van der Waals surface area contributed by atoms with E-state index in [1.165, 1.54) is 10.4 Å². The van der Waals surface area contributed by atoms with E-state index in [4.69, 9.17) is 5.73 Å². The third-order valence-corrected chi connectivity index (χ3v) is 4.95. The van der Waals surface area contributed by atoms with Crippen molar-refractivity contribution in [3.8, 4) is 0 Å². The maximum absolute atomic E-state index is 12.3. The summed E-state index contributed by atoms with van der Waals surface area (Å²) in [6.07, 6.45) is 3.30. The Morgan fingerprint density at radius 1 is 1.50 bits per heavy atom. The van der Waals surface area contributed by atoms with Crippen LogP contribution in [0.3, 0.4) is 0 Å². The number of allylic oxidation sites excluding steroid dienone is 1. The minimum Gasteiger partial charge on any atom is -0.398 e. The lowest BCUT2D eigenvalue weighted by atomic mass is 10.3. The number of rotatable bonds is 6. The van der Waals surface area contributed by atoms with E-state index >= 15 is 0 Å². The van der Waals surface area contributed by atoms with Crippen LogP contribution in [0.4, 0.5) is 5.69 Å². The number of sulfonamides is 1. The molecule has 18 heavy (non-hydrogen) atoms. The molecule has 0 unspecified atom stereocenters. The van der Waals surface area contributed by atoms with Crippen molar-refractivity contribution >= 4 is 31.6 Å². The van der Waals surface area contributed by atoms with Crippen molar-refractivity contribution in [3.63, 3.8) is 0 Å². The summed E-state index contributed by atoms with van der Waals surface area (Å²) < 4.78 is 26.6. The van der Waals surface area contributed by atoms with Gasteiger partial charge in [-0.25, -0.2) is 12.7 Å². The highest BCUT2D eigenvalue weighted by Crippen LogP contribution is 2.25. The number of halogens is 1. The van der Waals surface area contributed by atoms with Crippen molar-refractivity contribution in [2.75, 3.05) is 19.3 Å². The number of anilines is 1. The number of hydrogen-bond acceptors (Lipinski definition) is 3. The lowest BCUT2D eigenvalue weighted by Gasteiger charge is -2.18. The molecule has 0 saturated carbocycles. The summed E-state index contributed by atoms with van der Waals surface area (Å²) in [6, 6.07) is 4.81. The molecule has 0 aliphatic carbocycles. The number of nitrogen functional groups attached to an aromatic ring is 1. The van der Waals surface area contributed by atoms with Gasteiger partial charge in [0.05, 0.1) is 5.69 Å². The van der Waals surface area contributed by atoms with E-state index in [0.29, 0.717) is 11.0 Å². The maximum atomic E-state index is 12.3. The van der Waals surface area contributed by atoms with Gasteiger partial charge in [0.15, 0.2) is 0 Å². The van der Waals surface area contributed by atoms with Gasteiger partial charge in [-0.15, -0.1) is 6.58 Å². The molecule has 0 aliphatic rings. The molecule has 0 heterocycles. The molecule has 6 heteroatoms. The first-order chi connectivity index (χ1) is 8.39. The molecule has 0 radical (unpaired) electrons. The van der Waals surface area contributed by atoms with E-state index in [1.54, 1.807) is 25.3 Å². The standard InChI is InChI=1S/C12H17BrN2O2S/c1-3-4-5-8-15(2)18(16,17)12-9-10(13)6-7-11(12)14/h3,6-7,9H,1,4-5,8,14H2,2H3. The minimum atomic E-state index is -3.53. The third kappa shape index (κ3) is 3.57. The summed E-state index contributed by atoms with van der Waals surface area (Å²) in [6.45, 7) is 4.05. The Kier molecular flexibility index (Phi) is 5.37. The highest BCUT2D eigenvalue weighted by molar-refractivity contribution is 9.10. The van der Waals surface area contributed by atoms with Crippen molar-refractivity contribution in [1.29, 1.82) is 0 Å². The highest BCUT2D eigenvalue weighted by Gasteiger charge is 2.22. The molecule has 1 rings (SSSR count). The van der Waals surface area contributed by atoms with Crippen LogP contribution in [0, 0.1) is 0 Å². The van der Waals surface area contributed by atoms with Crippen molar-refractivity contribution in [2.45, 2.75) is 17.7 Å². The molecule has 0 bridgehead atoms. The van der Waals surface area contributed by atoms with Gasteiger partial charge in [-0.1, -0.05) is 22.0 Å². The van der Waals surface area contributed by atoms with Gasteiger partial charge in [-0.2, -0.15) is 0 Å². The Hall–Kier alpha value is -0.850. The van der Waals surface area contributed by atoms with Crippen LogP contribution in [0.1, 0.15) is 12.8 Å². The first-order valence-electron chi connectivity index (χ1n) is 5.52. The second-order valence-corrected chi connectivity index (χ2v) is 6.87. The Morgan fingerprint density at radius 2 is 2.17 bits per heavy atom. The number of hydrogen-bond donors (Lipinski definition) is 1. The van der Waals surface area contributed by atoms with Crippen molar-refractivity contribution in [3.05, 3.63) is 35.3 Å². The average Bonchev–Trinajstić information content (AvgIpc) is 2.32. The third-order valence-electron chi connectivity index (χ3n) is 2.55. The maximum Gasteiger partial charge on any atom is 0.244 e. The summed E-state index contributed by atoms with van der Waals surface area (Å²) in [4.78, 5) is 0.137. The van der Waals surface area contributed by atoms with E-state index in [1.807, 2.05) is 0 Å². The molecule has 0 fully saturated rings. The smallest absolute Gasteiger partial charge is 0.244 e. The second-order valence-electron chi connectivity index (χ2n) is 3.94. The largest absolute Gasteiger partial charge is 0.398 e. The first-order valence-corrected chi connectivity index (χ1v) is 7.75. The van der Waals surface area contributed by atoms with Gasteiger partial charge in [0.2, 0.25) is 10.0 Å². The molecule has 4 nitrogen and oxygen atoms in total. The highest BCUT2D eigenvalue weighted by atomic mass is 79.9. The van der Waals surface area contributed by atoms with E-state index in [2.05, 4.69) is 22.5 Å². The molecule has 0 amide bonds. The molecule has 0 aromatic heterocycles. The topological polar surface area (TPSA) is 63.4 Å². The first kappa shape index (κ1) is 15.2. The van der Waals surface area contributed by atoms with Crippen LogP contribution in [-0.4, -0.2) is 26.3 Å². The molecule has 2 N–H and O–H groups in total. The van der Waals surface area contributed by atoms with Gasteiger partial charge in [0.25, 0.3) is 0 Å². The zero-order valence-corrected chi connectivity index (χ0v) is 12.7. The van der Waals surface area contributed by atoms with Gasteiger partial charge in [0.1, 0.15) is 4.90 Å². The van der Waals surface area contributed by atoms with E-state index in [9.17, 15) is 8.42 Å². The molecule has 0 aliphatic heterocycles. The summed E-state index contributed by atoms with van der Waals surface area (Å²) >= 11 is 3.25. The summed E-state index contributed by atoms with van der Waals surface area (Å²) in [5.74, 6) is 0. The van der Waals surface area contributed by atoms with Gasteiger partial charge in [-0.3, -0.25) is 0 Å². The molecule has 1 aromatic carbocycles. The zero-order chi connectivity index (χ0) is 13.8. The predicted octanol–water partition coefficient (Wildman–Crippen LogP) is 2.62. The van der Waals surface area contributed by atoms with Gasteiger partial charge < -0.3 is 5.73 Å². The molecule has 0 saturated heterocycles. The zero-order valence-electron chi connectivity index (χ0n) is 10.3. The summed E-state index contributed by atoms with van der Waals surface area (Å²) in [5, 5.41) is 0. The van der Waals surface area contributed by atoms with Crippen LogP contribution in [-0.2, 0) is 10.0 Å².